The van der Waals surface area contributed by atoms with Gasteiger partial charge in [0, 0.05) is 18.6 Å². The molecular weight excluding hydrogens is 415 g/mol. The molecule has 0 fully saturated rings. The molecule has 0 aromatic heterocycles. The molecule has 0 aliphatic rings. The first-order valence-electron chi connectivity index (χ1n) is 8.47. The highest BCUT2D eigenvalue weighted by molar-refractivity contribution is 6.53. The number of carboxylic acids is 1. The third kappa shape index (κ3) is 10.4. The number of non-ortho nitro benzene ring substituents is 1. The van der Waals surface area contributed by atoms with Crippen LogP contribution in [0.4, 0.5) is 5.69 Å². The third-order valence-electron chi connectivity index (χ3n) is 3.54. The summed E-state index contributed by atoms with van der Waals surface area (Å²) in [5.41, 5.74) is 0.169. The average molecular weight is 439 g/mol. The number of aliphatic carboxylic acids is 1. The van der Waals surface area contributed by atoms with Crippen LogP contribution in [0.25, 0.3) is 0 Å². The Morgan fingerprint density at radius 3 is 2.18 bits per heavy atom. The van der Waals surface area contributed by atoms with Crippen molar-refractivity contribution in [2.75, 3.05) is 6.61 Å². The summed E-state index contributed by atoms with van der Waals surface area (Å²) in [6.07, 6.45) is 2.02. The second-order valence-corrected chi connectivity index (χ2v) is 6.84. The van der Waals surface area contributed by atoms with Gasteiger partial charge in [-0.25, -0.2) is 0 Å². The first kappa shape index (κ1) is 26.1. The molecule has 0 saturated carbocycles. The maximum absolute atomic E-state index is 11.3. The lowest BCUT2D eigenvalue weighted by Crippen LogP contribution is -2.44. The molecule has 1 rings (SSSR count). The number of carbonyl (C=O) groups excluding carboxylic acids is 1. The highest BCUT2D eigenvalue weighted by atomic mass is 35.5. The van der Waals surface area contributed by atoms with Gasteiger partial charge in [-0.05, 0) is 24.1 Å². The molecular formula is C17H24Cl2N2O7. The second-order valence-electron chi connectivity index (χ2n) is 5.74. The largest absolute Gasteiger partial charge is 0.481 e. The molecule has 0 bridgehead atoms. The van der Waals surface area contributed by atoms with Gasteiger partial charge in [-0.15, -0.1) is 0 Å². The summed E-state index contributed by atoms with van der Waals surface area (Å²) in [6, 6.07) is 4.05. The summed E-state index contributed by atoms with van der Waals surface area (Å²) < 4.78 is 0. The molecule has 2 atom stereocenters. The van der Waals surface area contributed by atoms with Gasteiger partial charge in [0.25, 0.3) is 11.6 Å². The van der Waals surface area contributed by atoms with Crippen LogP contribution in [0.1, 0.15) is 44.3 Å². The predicted molar refractivity (Wildman–Crippen MR) is 104 cm³/mol. The van der Waals surface area contributed by atoms with Crippen LogP contribution in [0.15, 0.2) is 24.3 Å². The number of aliphatic hydroxyl groups excluding tert-OH is 2. The quantitative estimate of drug-likeness (QED) is 0.189. The topological polar surface area (TPSA) is 150 Å². The van der Waals surface area contributed by atoms with E-state index >= 15 is 0 Å². The molecule has 4 N–H and O–H groups in total. The molecule has 1 amide bonds. The lowest BCUT2D eigenvalue weighted by Gasteiger charge is -2.22. The van der Waals surface area contributed by atoms with Crippen molar-refractivity contribution in [3.05, 3.63) is 39.9 Å². The monoisotopic (exact) mass is 438 g/mol. The fourth-order valence-corrected chi connectivity index (χ4v) is 2.15. The summed E-state index contributed by atoms with van der Waals surface area (Å²) in [4.78, 5) is 29.8. The number of aliphatic hydroxyl groups is 2. The number of unbranched alkanes of at least 4 members (excludes halogenated alkanes) is 2. The van der Waals surface area contributed by atoms with Gasteiger partial charge in [0.2, 0.25) is 0 Å². The van der Waals surface area contributed by atoms with Crippen LogP contribution in [0.5, 0.6) is 0 Å². The molecule has 0 radical (unpaired) electrons. The number of carboxylic acid groups (broad SMARTS) is 1. The molecule has 0 aliphatic carbocycles. The fraction of sp³-hybridized carbons (Fsp3) is 0.529. The SMILES string of the molecule is CCCCCC(=O)O.O=C(N[C@H](CO)[C@H](O)c1ccc([N+](=O)[O-])cc1)C(Cl)Cl. The predicted octanol–water partition coefficient (Wildman–Crippen LogP) is 2.56. The summed E-state index contributed by atoms with van der Waals surface area (Å²) in [7, 11) is 0. The van der Waals surface area contributed by atoms with E-state index in [0.29, 0.717) is 12.0 Å². The number of carbonyl (C=O) groups is 2. The first-order valence-corrected chi connectivity index (χ1v) is 9.34. The summed E-state index contributed by atoms with van der Waals surface area (Å²) in [5.74, 6) is -1.44. The molecule has 9 nitrogen and oxygen atoms in total. The van der Waals surface area contributed by atoms with E-state index in [1.807, 2.05) is 0 Å². The third-order valence-corrected chi connectivity index (χ3v) is 3.94. The molecule has 28 heavy (non-hydrogen) atoms. The van der Waals surface area contributed by atoms with Crippen LogP contribution in [-0.2, 0) is 9.59 Å². The van der Waals surface area contributed by atoms with E-state index in [9.17, 15) is 24.8 Å². The molecule has 1 aromatic rings. The Morgan fingerprint density at radius 1 is 1.21 bits per heavy atom. The van der Waals surface area contributed by atoms with Crippen LogP contribution in [-0.4, -0.2) is 49.6 Å². The van der Waals surface area contributed by atoms with E-state index in [0.717, 1.165) is 19.3 Å². The number of amides is 1. The smallest absolute Gasteiger partial charge is 0.303 e. The number of rotatable bonds is 10. The Hall–Kier alpha value is -1.94. The second kappa shape index (κ2) is 14.1. The normalized spacial score (nSPS) is 12.5. The number of nitrogens with one attached hydrogen (secondary N) is 1. The van der Waals surface area contributed by atoms with Crippen LogP contribution >= 0.6 is 23.2 Å². The van der Waals surface area contributed by atoms with Crippen molar-refractivity contribution >= 4 is 40.8 Å². The van der Waals surface area contributed by atoms with Crippen molar-refractivity contribution in [3.63, 3.8) is 0 Å². The Kier molecular flexibility index (Phi) is 13.1. The van der Waals surface area contributed by atoms with Crippen molar-refractivity contribution < 1.29 is 29.8 Å². The Morgan fingerprint density at radius 2 is 1.79 bits per heavy atom. The Balaban J connectivity index is 0.000000769. The van der Waals surface area contributed by atoms with Crippen molar-refractivity contribution in [2.24, 2.45) is 0 Å². The summed E-state index contributed by atoms with van der Waals surface area (Å²) >= 11 is 10.7. The van der Waals surface area contributed by atoms with Gasteiger partial charge in [-0.2, -0.15) is 0 Å². The molecule has 11 heteroatoms. The zero-order valence-electron chi connectivity index (χ0n) is 15.3. The molecule has 0 heterocycles. The number of halogens is 2. The number of nitro groups is 1. The number of hydrogen-bond donors (Lipinski definition) is 4. The zero-order valence-corrected chi connectivity index (χ0v) is 16.8. The van der Waals surface area contributed by atoms with Crippen molar-refractivity contribution in [2.45, 2.75) is 49.6 Å². The van der Waals surface area contributed by atoms with Gasteiger partial charge < -0.3 is 20.6 Å². The van der Waals surface area contributed by atoms with E-state index < -0.39 is 40.4 Å². The lowest BCUT2D eigenvalue weighted by molar-refractivity contribution is -0.384. The van der Waals surface area contributed by atoms with Crippen LogP contribution in [0.3, 0.4) is 0 Å². The van der Waals surface area contributed by atoms with Crippen molar-refractivity contribution in [3.8, 4) is 0 Å². The van der Waals surface area contributed by atoms with Gasteiger partial charge in [0.15, 0.2) is 4.84 Å². The van der Waals surface area contributed by atoms with Crippen LogP contribution < -0.4 is 5.32 Å². The molecule has 1 aromatic carbocycles. The van der Waals surface area contributed by atoms with Gasteiger partial charge >= 0.3 is 5.97 Å². The minimum Gasteiger partial charge on any atom is -0.481 e. The van der Waals surface area contributed by atoms with E-state index in [2.05, 4.69) is 12.2 Å². The molecule has 0 unspecified atom stereocenters. The standard InChI is InChI=1S/C11H12Cl2N2O5.C6H12O2/c12-10(13)11(18)14-8(5-16)9(17)6-1-3-7(4-2-6)15(19)20;1-2-3-4-5-6(7)8/h1-4,8-10,16-17H,5H2,(H,14,18);2-5H2,1H3,(H,7,8)/t8-,9-;/m1./s1. The fourth-order valence-electron chi connectivity index (χ4n) is 2.02. The number of hydrogen-bond acceptors (Lipinski definition) is 6. The van der Waals surface area contributed by atoms with Crippen molar-refractivity contribution in [1.29, 1.82) is 0 Å². The van der Waals surface area contributed by atoms with E-state index in [1.165, 1.54) is 24.3 Å². The average Bonchev–Trinajstić information content (AvgIpc) is 2.65. The summed E-state index contributed by atoms with van der Waals surface area (Å²) in [6.45, 7) is 1.51. The minimum absolute atomic E-state index is 0.132. The summed E-state index contributed by atoms with van der Waals surface area (Å²) in [5, 5.41) is 40.1. The highest BCUT2D eigenvalue weighted by Crippen LogP contribution is 2.20. The molecule has 0 saturated heterocycles. The van der Waals surface area contributed by atoms with Gasteiger partial charge in [-0.1, -0.05) is 43.0 Å². The maximum Gasteiger partial charge on any atom is 0.303 e. The number of benzene rings is 1. The maximum atomic E-state index is 11.3. The van der Waals surface area contributed by atoms with E-state index in [1.54, 1.807) is 0 Å². The number of alkyl halides is 2. The van der Waals surface area contributed by atoms with Crippen LogP contribution in [0, 0.1) is 10.1 Å². The zero-order chi connectivity index (χ0) is 21.7. The lowest BCUT2D eigenvalue weighted by atomic mass is 10.0. The van der Waals surface area contributed by atoms with E-state index in [4.69, 9.17) is 33.4 Å². The van der Waals surface area contributed by atoms with Crippen LogP contribution in [0.2, 0.25) is 0 Å². The van der Waals surface area contributed by atoms with E-state index in [-0.39, 0.29) is 5.69 Å². The van der Waals surface area contributed by atoms with Gasteiger partial charge in [0.05, 0.1) is 17.6 Å². The van der Waals surface area contributed by atoms with Gasteiger partial charge in [0.1, 0.15) is 6.10 Å². The van der Waals surface area contributed by atoms with Gasteiger partial charge in [-0.3, -0.25) is 19.7 Å². The minimum atomic E-state index is -1.33. The Labute approximate surface area is 172 Å². The molecule has 0 spiro atoms. The number of nitrogens with zero attached hydrogens (tertiary/aromatic N) is 1. The first-order chi connectivity index (χ1) is 13.1. The molecule has 158 valence electrons. The highest BCUT2D eigenvalue weighted by Gasteiger charge is 2.24. The number of nitro benzene ring substituents is 1. The Bertz CT molecular complexity index is 626. The molecule has 0 aliphatic heterocycles. The van der Waals surface area contributed by atoms with Crippen molar-refractivity contribution in [1.82, 2.24) is 5.32 Å².